The minimum atomic E-state index is 1.09. The Kier molecular flexibility index (Phi) is 21.7. The fourth-order valence-electron chi connectivity index (χ4n) is 25.4. The van der Waals surface area contributed by atoms with E-state index in [4.69, 9.17) is 0 Å². The first kappa shape index (κ1) is 70.5. The molecule has 0 radical (unpaired) electrons. The fourth-order valence-corrected chi connectivity index (χ4v) is 25.4. The number of hydrogen-bond donors (Lipinski definition) is 0. The lowest BCUT2D eigenvalue weighted by Gasteiger charge is -2.61. The molecule has 548 valence electrons. The van der Waals surface area contributed by atoms with Gasteiger partial charge in [-0.3, -0.25) is 0 Å². The van der Waals surface area contributed by atoms with Crippen LogP contribution in [0.25, 0.3) is 55.6 Å². The summed E-state index contributed by atoms with van der Waals surface area (Å²) in [6.45, 7) is 0. The summed E-state index contributed by atoms with van der Waals surface area (Å²) in [6.07, 6.45) is 46.7. The summed E-state index contributed by atoms with van der Waals surface area (Å²) in [5, 5.41) is 0. The molecule has 2 heteroatoms. The maximum absolute atomic E-state index is 2.33. The molecule has 11 unspecified atom stereocenters. The van der Waals surface area contributed by atoms with Gasteiger partial charge in [-0.2, -0.15) is 0 Å². The molecule has 0 saturated heterocycles. The smallest absolute Gasteiger partial charge is 0.0462 e. The summed E-state index contributed by atoms with van der Waals surface area (Å²) in [7, 11) is 0. The van der Waals surface area contributed by atoms with Crippen LogP contribution in [-0.2, 0) is 0 Å². The molecule has 107 heavy (non-hydrogen) atoms. The predicted octanol–water partition coefficient (Wildman–Crippen LogP) is 30.2. The summed E-state index contributed by atoms with van der Waals surface area (Å²) in [5.74, 6) is 18.2. The summed E-state index contributed by atoms with van der Waals surface area (Å²) in [4.78, 5) is 4.65. The number of rotatable bonds is 15. The average molecular weight is 1410 g/mol. The molecule has 9 saturated carbocycles. The zero-order chi connectivity index (χ0) is 71.2. The van der Waals surface area contributed by atoms with Crippen molar-refractivity contribution in [3.05, 3.63) is 267 Å². The van der Waals surface area contributed by atoms with E-state index in [0.717, 1.165) is 140 Å². The van der Waals surface area contributed by atoms with Crippen molar-refractivity contribution in [3.63, 3.8) is 0 Å². The normalized spacial score (nSPS) is 28.5. The second-order valence-electron chi connectivity index (χ2n) is 35.4. The van der Waals surface area contributed by atoms with E-state index in [-0.39, 0.29) is 0 Å². The molecular weight excluding hydrogens is 1290 g/mol. The second kappa shape index (κ2) is 32.9. The number of fused-ring (bicyclic) bond motifs is 4. The Labute approximate surface area is 643 Å². The van der Waals surface area contributed by atoms with Crippen LogP contribution in [0.3, 0.4) is 0 Å². The van der Waals surface area contributed by atoms with Gasteiger partial charge in [0, 0.05) is 34.1 Å². The Morgan fingerprint density at radius 2 is 0.393 bits per heavy atom. The van der Waals surface area contributed by atoms with Crippen molar-refractivity contribution in [3.8, 4) is 55.6 Å². The average Bonchev–Trinajstić information content (AvgIpc) is 1.70. The van der Waals surface area contributed by atoms with Crippen molar-refractivity contribution in [1.29, 1.82) is 0 Å². The molecule has 0 amide bonds. The van der Waals surface area contributed by atoms with E-state index < -0.39 is 0 Å². The highest BCUT2D eigenvalue weighted by molar-refractivity contribution is 5.83. The van der Waals surface area contributed by atoms with Gasteiger partial charge in [0.2, 0.25) is 0 Å². The molecule has 9 aliphatic carbocycles. The van der Waals surface area contributed by atoms with Gasteiger partial charge in [-0.05, 0) is 307 Å². The van der Waals surface area contributed by atoms with E-state index in [0.29, 0.717) is 0 Å². The Morgan fingerprint density at radius 1 is 0.150 bits per heavy atom. The molecule has 10 aromatic carbocycles. The van der Waals surface area contributed by atoms with Crippen LogP contribution in [-0.4, -0.2) is 0 Å². The van der Waals surface area contributed by atoms with Gasteiger partial charge in [0.25, 0.3) is 0 Å². The highest BCUT2D eigenvalue weighted by atomic mass is 15.1. The van der Waals surface area contributed by atoms with Gasteiger partial charge in [-0.15, -0.1) is 0 Å². The predicted molar refractivity (Wildman–Crippen MR) is 453 cm³/mol. The van der Waals surface area contributed by atoms with Crippen LogP contribution in [0.2, 0.25) is 0 Å². The monoisotopic (exact) mass is 1410 g/mol. The SMILES string of the molecule is C1CCC(C2CC3CCCCC3C2C2CCC(C3C4CCCCC4C(C4CCC5CCCCC5C4)C4CCCCC43)CC2)CC1.c1ccc(-c2ccc(-c3ccc(N(c4ccccc4)c4ccc(-c5ccc(N(c6ccc(-c7ccccc7)cc6)c6ccc(-c7ccccc7)cc6)cc5)cc4)cc3)cc2)cc1. The Hall–Kier alpha value is -8.20. The van der Waals surface area contributed by atoms with Crippen LogP contribution in [0.1, 0.15) is 186 Å². The maximum Gasteiger partial charge on any atom is 0.0462 e. The van der Waals surface area contributed by atoms with Crippen molar-refractivity contribution in [2.45, 2.75) is 186 Å². The Morgan fingerprint density at radius 3 is 0.766 bits per heavy atom. The lowest BCUT2D eigenvalue weighted by molar-refractivity contribution is -0.120. The highest BCUT2D eigenvalue weighted by Gasteiger charge is 2.57. The van der Waals surface area contributed by atoms with Gasteiger partial charge in [0.1, 0.15) is 0 Å². The van der Waals surface area contributed by atoms with Crippen LogP contribution in [0, 0.1) is 94.7 Å². The van der Waals surface area contributed by atoms with E-state index in [9.17, 15) is 0 Å². The Bertz CT molecular complexity index is 4290. The number of benzene rings is 10. The Balaban J connectivity index is 0.000000159. The quantitative estimate of drug-likeness (QED) is 0.101. The third-order valence-corrected chi connectivity index (χ3v) is 30.1. The minimum absolute atomic E-state index is 1.09. The van der Waals surface area contributed by atoms with Gasteiger partial charge in [0.15, 0.2) is 0 Å². The number of hydrogen-bond acceptors (Lipinski definition) is 2. The molecule has 11 atom stereocenters. The third kappa shape index (κ3) is 15.2. The third-order valence-electron chi connectivity index (χ3n) is 30.1. The standard InChI is InChI=1S/C60H44N2.C45H74/c1-5-13-45(14-6-1)48-21-23-49(24-22-48)52-29-39-56(40-30-52)61(55-19-11-4-12-20-55)57-41-31-53(32-42-57)54-33-43-60(44-34-54)62(58-35-25-50(26-36-58)46-15-7-2-8-16-46)59-37-27-51(28-38-59)47-17-9-3-10-18-47;1-2-13-31(14-3-1)42-29-35-16-6-7-17-37(35)43(42)32-23-25-33(26-24-32)44-38-18-8-10-20-40(38)45(41-21-11-9-19-39(41)44)36-27-22-30-12-4-5-15-34(30)28-36/h1-44H;30-45H,1-29H2. The first-order chi connectivity index (χ1) is 53.1. The molecule has 0 aliphatic heterocycles. The van der Waals surface area contributed by atoms with Crippen LogP contribution < -0.4 is 9.80 Å². The summed E-state index contributed by atoms with van der Waals surface area (Å²) < 4.78 is 0. The van der Waals surface area contributed by atoms with Crippen LogP contribution in [0.15, 0.2) is 267 Å². The summed E-state index contributed by atoms with van der Waals surface area (Å²) >= 11 is 0. The van der Waals surface area contributed by atoms with Gasteiger partial charge >= 0.3 is 0 Å². The summed E-state index contributed by atoms with van der Waals surface area (Å²) in [5.41, 5.74) is 18.6. The van der Waals surface area contributed by atoms with Crippen molar-refractivity contribution < 1.29 is 0 Å². The molecule has 0 heterocycles. The van der Waals surface area contributed by atoms with Crippen molar-refractivity contribution in [1.82, 2.24) is 0 Å². The van der Waals surface area contributed by atoms with Crippen molar-refractivity contribution >= 4 is 34.1 Å². The highest BCUT2D eigenvalue weighted by Crippen LogP contribution is 2.65. The van der Waals surface area contributed by atoms with Crippen molar-refractivity contribution in [2.24, 2.45) is 94.7 Å². The molecule has 0 N–H and O–H groups in total. The molecule has 0 bridgehead atoms. The van der Waals surface area contributed by atoms with Crippen molar-refractivity contribution in [2.75, 3.05) is 9.80 Å². The molecule has 9 aliphatic rings. The number of anilines is 6. The van der Waals surface area contributed by atoms with Gasteiger partial charge in [0.05, 0.1) is 0 Å². The van der Waals surface area contributed by atoms with E-state index in [2.05, 4.69) is 277 Å². The summed E-state index contributed by atoms with van der Waals surface area (Å²) in [6, 6.07) is 95.5. The van der Waals surface area contributed by atoms with E-state index in [1.54, 1.807) is 186 Å². The van der Waals surface area contributed by atoms with Crippen LogP contribution >= 0.6 is 0 Å². The van der Waals surface area contributed by atoms with Crippen LogP contribution in [0.5, 0.6) is 0 Å². The topological polar surface area (TPSA) is 6.48 Å². The zero-order valence-corrected chi connectivity index (χ0v) is 64.0. The maximum atomic E-state index is 2.33. The molecule has 2 nitrogen and oxygen atoms in total. The van der Waals surface area contributed by atoms with Gasteiger partial charge in [-0.1, -0.05) is 297 Å². The molecule has 9 fully saturated rings. The first-order valence-corrected chi connectivity index (χ1v) is 43.5. The molecular formula is C105H118N2. The molecule has 19 rings (SSSR count). The molecule has 0 spiro atoms. The van der Waals surface area contributed by atoms with E-state index in [1.165, 1.54) is 44.5 Å². The van der Waals surface area contributed by atoms with Gasteiger partial charge < -0.3 is 9.80 Å². The number of nitrogens with zero attached hydrogens (tertiary/aromatic N) is 2. The minimum Gasteiger partial charge on any atom is -0.311 e. The molecule has 0 aromatic heterocycles. The van der Waals surface area contributed by atoms with E-state index >= 15 is 0 Å². The van der Waals surface area contributed by atoms with E-state index in [1.807, 2.05) is 0 Å². The lowest BCUT2D eigenvalue weighted by Crippen LogP contribution is -2.54. The second-order valence-corrected chi connectivity index (χ2v) is 35.4. The van der Waals surface area contributed by atoms with Crippen LogP contribution in [0.4, 0.5) is 34.1 Å². The fraction of sp³-hybridized carbons (Fsp3) is 0.429. The first-order valence-electron chi connectivity index (χ1n) is 43.5. The molecule has 10 aromatic rings. The number of para-hydroxylation sites is 1. The lowest BCUT2D eigenvalue weighted by atomic mass is 9.44. The largest absolute Gasteiger partial charge is 0.311 e. The zero-order valence-electron chi connectivity index (χ0n) is 64.0. The van der Waals surface area contributed by atoms with Gasteiger partial charge in [-0.25, -0.2) is 0 Å².